The van der Waals surface area contributed by atoms with Crippen molar-refractivity contribution in [1.29, 1.82) is 0 Å². The van der Waals surface area contributed by atoms with Crippen molar-refractivity contribution in [2.75, 3.05) is 6.61 Å². The van der Waals surface area contributed by atoms with Crippen molar-refractivity contribution in [2.24, 2.45) is 5.41 Å². The van der Waals surface area contributed by atoms with Crippen LogP contribution in [0, 0.1) is 5.41 Å². The molecule has 0 aromatic heterocycles. The predicted octanol–water partition coefficient (Wildman–Crippen LogP) is 4.58. The zero-order valence-electron chi connectivity index (χ0n) is 18.8. The zero-order chi connectivity index (χ0) is 23.0. The fraction of sp³-hybridized carbons (Fsp3) is 0.480. The van der Waals surface area contributed by atoms with Crippen LogP contribution in [0.4, 0.5) is 0 Å². The summed E-state index contributed by atoms with van der Waals surface area (Å²) in [5, 5.41) is 10.6. The number of fused-ring (bicyclic) bond motifs is 1. The summed E-state index contributed by atoms with van der Waals surface area (Å²) in [6.45, 7) is 9.50. The highest BCUT2D eigenvalue weighted by Crippen LogP contribution is 2.40. The quantitative estimate of drug-likeness (QED) is 0.283. The zero-order valence-corrected chi connectivity index (χ0v) is 18.8. The third-order valence-corrected chi connectivity index (χ3v) is 6.10. The van der Waals surface area contributed by atoms with Crippen molar-refractivity contribution >= 4 is 23.3 Å². The van der Waals surface area contributed by atoms with Gasteiger partial charge < -0.3 is 14.6 Å². The van der Waals surface area contributed by atoms with Gasteiger partial charge in [0.15, 0.2) is 0 Å². The second-order valence-corrected chi connectivity index (χ2v) is 9.45. The lowest BCUT2D eigenvalue weighted by Gasteiger charge is -2.27. The Hall–Kier alpha value is -2.73. The van der Waals surface area contributed by atoms with Gasteiger partial charge in [-0.25, -0.2) is 4.79 Å². The average molecular weight is 427 g/mol. The Balaban J connectivity index is 1.61. The van der Waals surface area contributed by atoms with E-state index >= 15 is 0 Å². The van der Waals surface area contributed by atoms with Gasteiger partial charge in [-0.1, -0.05) is 44.2 Å². The minimum atomic E-state index is -0.711. The summed E-state index contributed by atoms with van der Waals surface area (Å²) in [6, 6.07) is 6.50. The highest BCUT2D eigenvalue weighted by molar-refractivity contribution is 6.52. The van der Waals surface area contributed by atoms with Crippen LogP contribution in [0.5, 0.6) is 0 Å². The highest BCUT2D eigenvalue weighted by Gasteiger charge is 2.47. The summed E-state index contributed by atoms with van der Waals surface area (Å²) in [4.78, 5) is 37.3. The Morgan fingerprint density at radius 1 is 1.23 bits per heavy atom. The molecule has 2 atom stereocenters. The first kappa shape index (κ1) is 22.9. The molecule has 0 spiro atoms. The molecular weight excluding hydrogens is 396 g/mol. The molecule has 6 heteroatoms. The number of epoxide rings is 1. The fourth-order valence-electron chi connectivity index (χ4n) is 3.78. The molecule has 1 heterocycles. The van der Waals surface area contributed by atoms with Crippen LogP contribution >= 0.6 is 0 Å². The summed E-state index contributed by atoms with van der Waals surface area (Å²) in [5.41, 5.74) is 0.402. The number of carbonyl (C=O) groups excluding carboxylic acids is 3. The maximum atomic E-state index is 12.6. The molecule has 1 aliphatic heterocycles. The van der Waals surface area contributed by atoms with Gasteiger partial charge in [-0.3, -0.25) is 9.59 Å². The van der Waals surface area contributed by atoms with E-state index in [9.17, 15) is 19.5 Å². The fourth-order valence-corrected chi connectivity index (χ4v) is 3.78. The number of ketones is 2. The van der Waals surface area contributed by atoms with E-state index in [2.05, 4.69) is 6.92 Å². The summed E-state index contributed by atoms with van der Waals surface area (Å²) >= 11 is 0. The molecule has 3 rings (SSSR count). The van der Waals surface area contributed by atoms with E-state index in [4.69, 9.17) is 9.47 Å². The van der Waals surface area contributed by atoms with Gasteiger partial charge in [0.1, 0.15) is 5.76 Å². The van der Waals surface area contributed by atoms with E-state index in [1.165, 1.54) is 6.07 Å². The lowest BCUT2D eigenvalue weighted by Crippen LogP contribution is -2.30. The number of benzene rings is 1. The van der Waals surface area contributed by atoms with Crippen molar-refractivity contribution in [2.45, 2.75) is 65.6 Å². The minimum absolute atomic E-state index is 0.0504. The van der Waals surface area contributed by atoms with Crippen LogP contribution in [-0.4, -0.2) is 41.0 Å². The number of esters is 1. The molecule has 1 N–H and O–H groups in total. The number of carbonyl (C=O) groups is 3. The number of hydrogen-bond acceptors (Lipinski definition) is 6. The van der Waals surface area contributed by atoms with Crippen LogP contribution in [0.1, 0.15) is 69.8 Å². The molecule has 1 aromatic carbocycles. The Morgan fingerprint density at radius 2 is 1.84 bits per heavy atom. The van der Waals surface area contributed by atoms with Crippen LogP contribution < -0.4 is 0 Å². The summed E-state index contributed by atoms with van der Waals surface area (Å²) in [5.74, 6) is -1.94. The Morgan fingerprint density at radius 3 is 2.45 bits per heavy atom. The van der Waals surface area contributed by atoms with Crippen molar-refractivity contribution in [3.05, 3.63) is 52.6 Å². The van der Waals surface area contributed by atoms with E-state index in [0.717, 1.165) is 12.8 Å². The first-order valence-corrected chi connectivity index (χ1v) is 10.6. The van der Waals surface area contributed by atoms with Gasteiger partial charge in [0, 0.05) is 27.7 Å². The predicted molar refractivity (Wildman–Crippen MR) is 117 cm³/mol. The Kier molecular flexibility index (Phi) is 6.23. The molecule has 0 unspecified atom stereocenters. The molecule has 6 nitrogen and oxygen atoms in total. The number of aliphatic hydroxyl groups excluding tert-OH is 1. The molecule has 1 aromatic rings. The van der Waals surface area contributed by atoms with Gasteiger partial charge in [-0.2, -0.15) is 0 Å². The number of rotatable bonds is 8. The minimum Gasteiger partial charge on any atom is -0.507 e. The second-order valence-electron chi connectivity index (χ2n) is 9.45. The van der Waals surface area contributed by atoms with Crippen molar-refractivity contribution in [3.63, 3.8) is 0 Å². The van der Waals surface area contributed by atoms with Gasteiger partial charge in [-0.15, -0.1) is 0 Å². The van der Waals surface area contributed by atoms with E-state index < -0.39 is 23.0 Å². The van der Waals surface area contributed by atoms with Crippen LogP contribution in [0.3, 0.4) is 0 Å². The molecule has 0 saturated carbocycles. The van der Waals surface area contributed by atoms with Crippen LogP contribution in [-0.2, 0) is 19.1 Å². The third kappa shape index (κ3) is 4.96. The molecule has 0 radical (unpaired) electrons. The SMILES string of the molecule is C/C(=C\CC[C@]1(C)O[C@@H]1C)C(=O)OCC(C)(C)CC1=C(O)c2ccccc2C(=O)C1=O. The summed E-state index contributed by atoms with van der Waals surface area (Å²) in [6.07, 6.45) is 3.78. The average Bonchev–Trinajstić information content (AvgIpc) is 3.33. The lowest BCUT2D eigenvalue weighted by atomic mass is 9.79. The Bertz CT molecular complexity index is 983. The molecule has 31 heavy (non-hydrogen) atoms. The van der Waals surface area contributed by atoms with Crippen LogP contribution in [0.2, 0.25) is 0 Å². The van der Waals surface area contributed by atoms with Gasteiger partial charge in [0.05, 0.1) is 18.3 Å². The molecule has 1 fully saturated rings. The van der Waals surface area contributed by atoms with E-state index in [0.29, 0.717) is 11.1 Å². The van der Waals surface area contributed by atoms with E-state index in [1.807, 2.05) is 26.8 Å². The standard InChI is InChI=1S/C25H30O6/c1-15(9-8-12-25(5)16(2)31-25)23(29)30-14-24(3,4)13-19-20(26)17-10-6-7-11-18(17)21(27)22(19)28/h6-7,9-11,16,26H,8,12-14H2,1-5H3/b15-9+/t16-,25+/m1/s1. The van der Waals surface area contributed by atoms with Gasteiger partial charge in [-0.05, 0) is 40.0 Å². The molecule has 2 aliphatic rings. The van der Waals surface area contributed by atoms with Gasteiger partial charge >= 0.3 is 5.97 Å². The number of Topliss-reactive ketones (excluding diaryl/α,β-unsaturated/α-hetero) is 2. The number of hydrogen-bond donors (Lipinski definition) is 1. The molecule has 166 valence electrons. The highest BCUT2D eigenvalue weighted by atomic mass is 16.6. The van der Waals surface area contributed by atoms with E-state index in [1.54, 1.807) is 25.1 Å². The van der Waals surface area contributed by atoms with Crippen LogP contribution in [0.25, 0.3) is 5.76 Å². The third-order valence-electron chi connectivity index (χ3n) is 6.10. The first-order chi connectivity index (χ1) is 14.4. The van der Waals surface area contributed by atoms with Crippen molar-refractivity contribution in [1.82, 2.24) is 0 Å². The maximum Gasteiger partial charge on any atom is 0.333 e. The van der Waals surface area contributed by atoms with E-state index in [-0.39, 0.29) is 41.6 Å². The number of allylic oxidation sites excluding steroid dienone is 2. The first-order valence-electron chi connectivity index (χ1n) is 10.6. The molecule has 1 aliphatic carbocycles. The molecule has 0 amide bonds. The largest absolute Gasteiger partial charge is 0.507 e. The smallest absolute Gasteiger partial charge is 0.333 e. The number of aliphatic hydroxyl groups is 1. The second kappa shape index (κ2) is 8.42. The van der Waals surface area contributed by atoms with Crippen molar-refractivity contribution in [3.8, 4) is 0 Å². The number of ether oxygens (including phenoxy) is 2. The summed E-state index contributed by atoms with van der Waals surface area (Å²) in [7, 11) is 0. The topological polar surface area (TPSA) is 93.2 Å². The normalized spacial score (nSPS) is 23.6. The summed E-state index contributed by atoms with van der Waals surface area (Å²) < 4.78 is 11.0. The maximum absolute atomic E-state index is 12.6. The van der Waals surface area contributed by atoms with Crippen molar-refractivity contribution < 1.29 is 29.0 Å². The molecule has 1 saturated heterocycles. The molecule has 0 bridgehead atoms. The van der Waals surface area contributed by atoms with Crippen LogP contribution in [0.15, 0.2) is 41.5 Å². The monoisotopic (exact) mass is 426 g/mol. The van der Waals surface area contributed by atoms with Gasteiger partial charge in [0.2, 0.25) is 11.6 Å². The molecular formula is C25H30O6. The Labute approximate surface area is 182 Å². The lowest BCUT2D eigenvalue weighted by molar-refractivity contribution is -0.141. The van der Waals surface area contributed by atoms with Gasteiger partial charge in [0.25, 0.3) is 0 Å².